The maximum absolute atomic E-state index is 4.09. The third kappa shape index (κ3) is 3.80. The summed E-state index contributed by atoms with van der Waals surface area (Å²) in [5.74, 6) is 0.763. The molecule has 0 saturated carbocycles. The van der Waals surface area contributed by atoms with Gasteiger partial charge in [-0.2, -0.15) is 0 Å². The van der Waals surface area contributed by atoms with Crippen LogP contribution >= 0.6 is 0 Å². The molecule has 0 rings (SSSR count). The van der Waals surface area contributed by atoms with Gasteiger partial charge in [0.2, 0.25) is 0 Å². The van der Waals surface area contributed by atoms with Crippen LogP contribution in [0.5, 0.6) is 0 Å². The van der Waals surface area contributed by atoms with E-state index in [9.17, 15) is 0 Å². The molecule has 0 aromatic carbocycles. The van der Waals surface area contributed by atoms with Crippen molar-refractivity contribution in [1.82, 2.24) is 4.90 Å². The Balaban J connectivity index is 3.87. The second-order valence-electron chi connectivity index (χ2n) is 3.99. The van der Waals surface area contributed by atoms with Crippen LogP contribution in [0.4, 0.5) is 0 Å². The largest absolute Gasteiger partial charge is 0.376 e. The summed E-state index contributed by atoms with van der Waals surface area (Å²) in [5.41, 5.74) is 1.26. The van der Waals surface area contributed by atoms with Gasteiger partial charge in [0.1, 0.15) is 0 Å². The second kappa shape index (κ2) is 5.23. The Labute approximate surface area is 77.5 Å². The van der Waals surface area contributed by atoms with Gasteiger partial charge in [-0.05, 0) is 26.2 Å². The minimum Gasteiger partial charge on any atom is -0.376 e. The maximum atomic E-state index is 4.09. The van der Waals surface area contributed by atoms with Crippen molar-refractivity contribution in [3.05, 3.63) is 12.3 Å². The van der Waals surface area contributed by atoms with Crippen molar-refractivity contribution < 1.29 is 0 Å². The lowest BCUT2D eigenvalue weighted by Crippen LogP contribution is -2.25. The highest BCUT2D eigenvalue weighted by atomic mass is 15.1. The van der Waals surface area contributed by atoms with Gasteiger partial charge in [0.15, 0.2) is 0 Å². The molecule has 0 heterocycles. The third-order valence-electron chi connectivity index (χ3n) is 2.55. The van der Waals surface area contributed by atoms with E-state index in [1.807, 2.05) is 0 Å². The lowest BCUT2D eigenvalue weighted by molar-refractivity contribution is 0.318. The highest BCUT2D eigenvalue weighted by Crippen LogP contribution is 2.16. The van der Waals surface area contributed by atoms with Gasteiger partial charge >= 0.3 is 0 Å². The minimum absolute atomic E-state index is 0.571. The summed E-state index contributed by atoms with van der Waals surface area (Å²) in [5, 5.41) is 0. The van der Waals surface area contributed by atoms with E-state index in [0.29, 0.717) is 6.04 Å². The zero-order valence-corrected chi connectivity index (χ0v) is 9.22. The van der Waals surface area contributed by atoms with Crippen molar-refractivity contribution in [3.63, 3.8) is 0 Å². The zero-order valence-electron chi connectivity index (χ0n) is 9.22. The lowest BCUT2D eigenvalue weighted by Gasteiger charge is -2.27. The number of hydrogen-bond donors (Lipinski definition) is 0. The first-order valence-electron chi connectivity index (χ1n) is 4.89. The quantitative estimate of drug-likeness (QED) is 0.610. The van der Waals surface area contributed by atoms with Gasteiger partial charge in [-0.15, -0.1) is 0 Å². The molecule has 0 radical (unpaired) electrons. The van der Waals surface area contributed by atoms with E-state index in [2.05, 4.69) is 46.2 Å². The molecule has 1 unspecified atom stereocenters. The molecule has 0 aliphatic carbocycles. The first kappa shape index (κ1) is 11.5. The maximum Gasteiger partial charge on any atom is 0.0226 e. The first-order chi connectivity index (χ1) is 5.49. The molecule has 1 atom stereocenters. The van der Waals surface area contributed by atoms with E-state index in [1.54, 1.807) is 0 Å². The monoisotopic (exact) mass is 169 g/mol. The Morgan fingerprint density at radius 1 is 1.33 bits per heavy atom. The van der Waals surface area contributed by atoms with Crippen molar-refractivity contribution in [2.24, 2.45) is 5.92 Å². The SMILES string of the molecule is C=C(CC(C)CC)N(C)C(C)C. The molecule has 0 aliphatic heterocycles. The summed E-state index contributed by atoms with van der Waals surface area (Å²) in [4.78, 5) is 2.26. The number of rotatable bonds is 5. The molecule has 72 valence electrons. The predicted octanol–water partition coefficient (Wildman–Crippen LogP) is 3.28. The molecule has 12 heavy (non-hydrogen) atoms. The third-order valence-corrected chi connectivity index (χ3v) is 2.55. The van der Waals surface area contributed by atoms with Crippen LogP contribution in [-0.4, -0.2) is 18.0 Å². The standard InChI is InChI=1S/C11H23N/c1-7-10(4)8-11(5)12(6)9(2)3/h9-10H,5,7-8H2,1-4,6H3. The van der Waals surface area contributed by atoms with Crippen LogP contribution in [0, 0.1) is 5.92 Å². The summed E-state index contributed by atoms with van der Waals surface area (Å²) in [6.07, 6.45) is 2.37. The number of nitrogens with zero attached hydrogens (tertiary/aromatic N) is 1. The molecule has 0 saturated heterocycles. The normalized spacial score (nSPS) is 13.2. The molecular weight excluding hydrogens is 146 g/mol. The average Bonchev–Trinajstić information content (AvgIpc) is 2.02. The van der Waals surface area contributed by atoms with Crippen LogP contribution in [0.1, 0.15) is 40.5 Å². The van der Waals surface area contributed by atoms with Gasteiger partial charge in [-0.3, -0.25) is 0 Å². The predicted molar refractivity (Wildman–Crippen MR) is 56.1 cm³/mol. The fourth-order valence-corrected chi connectivity index (χ4v) is 1.06. The topological polar surface area (TPSA) is 3.24 Å². The highest BCUT2D eigenvalue weighted by Gasteiger charge is 2.08. The molecule has 1 nitrogen and oxygen atoms in total. The van der Waals surface area contributed by atoms with Gasteiger partial charge in [0.25, 0.3) is 0 Å². The molecule has 0 aromatic heterocycles. The van der Waals surface area contributed by atoms with Crippen LogP contribution in [0.2, 0.25) is 0 Å². The van der Waals surface area contributed by atoms with Crippen LogP contribution in [0.25, 0.3) is 0 Å². The van der Waals surface area contributed by atoms with E-state index >= 15 is 0 Å². The van der Waals surface area contributed by atoms with Gasteiger partial charge in [-0.25, -0.2) is 0 Å². The molecule has 0 bridgehead atoms. The van der Waals surface area contributed by atoms with E-state index in [1.165, 1.54) is 12.1 Å². The Hall–Kier alpha value is -0.460. The molecule has 0 amide bonds. The summed E-state index contributed by atoms with van der Waals surface area (Å²) < 4.78 is 0. The molecule has 0 N–H and O–H groups in total. The van der Waals surface area contributed by atoms with E-state index < -0.39 is 0 Å². The fraction of sp³-hybridized carbons (Fsp3) is 0.818. The summed E-state index contributed by atoms with van der Waals surface area (Å²) in [6, 6.07) is 0.571. The fourth-order valence-electron chi connectivity index (χ4n) is 1.06. The Morgan fingerprint density at radius 3 is 2.17 bits per heavy atom. The van der Waals surface area contributed by atoms with Gasteiger partial charge in [-0.1, -0.05) is 26.8 Å². The summed E-state index contributed by atoms with van der Waals surface area (Å²) in [6.45, 7) is 13.0. The van der Waals surface area contributed by atoms with Crippen LogP contribution < -0.4 is 0 Å². The summed E-state index contributed by atoms with van der Waals surface area (Å²) >= 11 is 0. The van der Waals surface area contributed by atoms with Crippen LogP contribution in [0.3, 0.4) is 0 Å². The Bertz CT molecular complexity index is 138. The number of hydrogen-bond acceptors (Lipinski definition) is 1. The molecule has 0 fully saturated rings. The lowest BCUT2D eigenvalue weighted by atomic mass is 10.0. The van der Waals surface area contributed by atoms with Crippen LogP contribution in [-0.2, 0) is 0 Å². The van der Waals surface area contributed by atoms with Gasteiger partial charge in [0.05, 0.1) is 0 Å². The van der Waals surface area contributed by atoms with Crippen molar-refractivity contribution in [3.8, 4) is 0 Å². The first-order valence-corrected chi connectivity index (χ1v) is 4.89. The van der Waals surface area contributed by atoms with Gasteiger partial charge in [0, 0.05) is 18.8 Å². The smallest absolute Gasteiger partial charge is 0.0226 e. The van der Waals surface area contributed by atoms with E-state index in [-0.39, 0.29) is 0 Å². The van der Waals surface area contributed by atoms with Crippen molar-refractivity contribution in [1.29, 1.82) is 0 Å². The second-order valence-corrected chi connectivity index (χ2v) is 3.99. The van der Waals surface area contributed by atoms with E-state index in [4.69, 9.17) is 0 Å². The number of allylic oxidation sites excluding steroid dienone is 1. The molecule has 0 spiro atoms. The van der Waals surface area contributed by atoms with Crippen molar-refractivity contribution >= 4 is 0 Å². The van der Waals surface area contributed by atoms with E-state index in [0.717, 1.165) is 12.3 Å². The molecule has 1 heteroatoms. The summed E-state index contributed by atoms with van der Waals surface area (Å²) in [7, 11) is 2.12. The molecular formula is C11H23N. The zero-order chi connectivity index (χ0) is 9.72. The Morgan fingerprint density at radius 2 is 1.83 bits per heavy atom. The minimum atomic E-state index is 0.571. The van der Waals surface area contributed by atoms with Crippen molar-refractivity contribution in [2.75, 3.05) is 7.05 Å². The highest BCUT2D eigenvalue weighted by molar-refractivity contribution is 4.94. The van der Waals surface area contributed by atoms with Crippen molar-refractivity contribution in [2.45, 2.75) is 46.6 Å². The van der Waals surface area contributed by atoms with Crippen LogP contribution in [0.15, 0.2) is 12.3 Å². The average molecular weight is 169 g/mol. The van der Waals surface area contributed by atoms with Gasteiger partial charge < -0.3 is 4.90 Å². The Kier molecular flexibility index (Phi) is 5.03. The molecule has 0 aliphatic rings. The molecule has 0 aromatic rings.